The van der Waals surface area contributed by atoms with E-state index in [0.29, 0.717) is 40.2 Å². The minimum absolute atomic E-state index is 0.00822. The minimum Gasteiger partial charge on any atom is -0.339 e. The van der Waals surface area contributed by atoms with Crippen LogP contribution in [0.4, 0.5) is 5.69 Å². The van der Waals surface area contributed by atoms with E-state index in [-0.39, 0.29) is 11.8 Å². The lowest BCUT2D eigenvalue weighted by Gasteiger charge is -2.16. The van der Waals surface area contributed by atoms with Crippen LogP contribution >= 0.6 is 11.5 Å². The lowest BCUT2D eigenvalue weighted by molar-refractivity contribution is 0.0792. The summed E-state index contributed by atoms with van der Waals surface area (Å²) in [4.78, 5) is 32.6. The molecule has 0 unspecified atom stereocenters. The van der Waals surface area contributed by atoms with Crippen LogP contribution in [0, 0.1) is 18.3 Å². The summed E-state index contributed by atoms with van der Waals surface area (Å²) in [5, 5.41) is 12.0. The van der Waals surface area contributed by atoms with Crippen molar-refractivity contribution in [1.29, 1.82) is 5.26 Å². The molecule has 3 aromatic rings. The largest absolute Gasteiger partial charge is 0.339 e. The summed E-state index contributed by atoms with van der Waals surface area (Å²) in [7, 11) is 0. The number of carbonyl (C=O) groups is 2. The summed E-state index contributed by atoms with van der Waals surface area (Å²) >= 11 is 1.25. The van der Waals surface area contributed by atoms with E-state index in [1.807, 2.05) is 4.90 Å². The van der Waals surface area contributed by atoms with Crippen LogP contribution in [0.25, 0.3) is 0 Å². The number of hydrogen-bond acceptors (Lipinski definition) is 6. The third-order valence-corrected chi connectivity index (χ3v) is 6.14. The van der Waals surface area contributed by atoms with Gasteiger partial charge < -0.3 is 10.2 Å². The Morgan fingerprint density at radius 3 is 2.81 bits per heavy atom. The van der Waals surface area contributed by atoms with Crippen molar-refractivity contribution in [2.75, 3.05) is 18.4 Å². The average molecular weight is 432 g/mol. The molecule has 31 heavy (non-hydrogen) atoms. The summed E-state index contributed by atoms with van der Waals surface area (Å²) < 4.78 is 4.34. The van der Waals surface area contributed by atoms with Crippen molar-refractivity contribution in [3.05, 3.63) is 75.6 Å². The Hall–Kier alpha value is -3.57. The van der Waals surface area contributed by atoms with Crippen LogP contribution < -0.4 is 5.32 Å². The number of nitrogens with one attached hydrogen (secondary N) is 1. The highest BCUT2D eigenvalue weighted by molar-refractivity contribution is 7.06. The van der Waals surface area contributed by atoms with Gasteiger partial charge in [-0.2, -0.15) is 9.64 Å². The van der Waals surface area contributed by atoms with Gasteiger partial charge in [0.1, 0.15) is 0 Å². The smallest absolute Gasteiger partial charge is 0.258 e. The molecular formula is C23H21N5O2S. The number of nitrogens with zero attached hydrogens (tertiary/aromatic N) is 4. The number of amides is 2. The van der Waals surface area contributed by atoms with Crippen LogP contribution in [0.2, 0.25) is 0 Å². The quantitative estimate of drug-likeness (QED) is 0.662. The number of nitriles is 1. The van der Waals surface area contributed by atoms with Gasteiger partial charge in [0.15, 0.2) is 0 Å². The summed E-state index contributed by atoms with van der Waals surface area (Å²) in [6.45, 7) is 3.35. The van der Waals surface area contributed by atoms with Crippen molar-refractivity contribution in [1.82, 2.24) is 14.3 Å². The molecule has 1 N–H and O–H groups in total. The molecule has 2 aromatic heterocycles. The number of aryl methyl sites for hydroxylation is 1. The fraction of sp³-hybridized carbons (Fsp3) is 0.261. The van der Waals surface area contributed by atoms with Crippen molar-refractivity contribution in [2.45, 2.75) is 26.2 Å². The van der Waals surface area contributed by atoms with Gasteiger partial charge in [0.2, 0.25) is 0 Å². The first kappa shape index (κ1) is 20.7. The Labute approximate surface area is 184 Å². The third kappa shape index (κ3) is 4.62. The van der Waals surface area contributed by atoms with Gasteiger partial charge in [0.25, 0.3) is 11.8 Å². The van der Waals surface area contributed by atoms with Crippen molar-refractivity contribution >= 4 is 29.0 Å². The minimum atomic E-state index is -0.275. The highest BCUT2D eigenvalue weighted by Gasteiger charge is 2.22. The van der Waals surface area contributed by atoms with E-state index < -0.39 is 0 Å². The molecule has 3 heterocycles. The topological polar surface area (TPSA) is 99.0 Å². The average Bonchev–Trinajstić information content (AvgIpc) is 3.44. The molecule has 8 heteroatoms. The molecule has 7 nitrogen and oxygen atoms in total. The zero-order valence-corrected chi connectivity index (χ0v) is 17.9. The molecule has 0 bridgehead atoms. The normalized spacial score (nSPS) is 13.1. The van der Waals surface area contributed by atoms with Crippen LogP contribution in [-0.2, 0) is 6.42 Å². The molecule has 1 aromatic carbocycles. The summed E-state index contributed by atoms with van der Waals surface area (Å²) in [5.41, 5.74) is 3.50. The van der Waals surface area contributed by atoms with Gasteiger partial charge in [-0.25, -0.2) is 0 Å². The van der Waals surface area contributed by atoms with Gasteiger partial charge in [-0.1, -0.05) is 6.07 Å². The van der Waals surface area contributed by atoms with Crippen molar-refractivity contribution in [3.63, 3.8) is 0 Å². The first-order valence-electron chi connectivity index (χ1n) is 10.1. The summed E-state index contributed by atoms with van der Waals surface area (Å²) in [5.74, 6) is -0.283. The first-order valence-corrected chi connectivity index (χ1v) is 10.8. The number of likely N-dealkylation sites (tertiary alicyclic amines) is 1. The molecule has 2 amide bonds. The van der Waals surface area contributed by atoms with E-state index in [2.05, 4.69) is 20.7 Å². The highest BCUT2D eigenvalue weighted by Crippen LogP contribution is 2.24. The number of aromatic nitrogens is 2. The molecular weight excluding hydrogens is 410 g/mol. The second-order valence-corrected chi connectivity index (χ2v) is 8.28. The maximum Gasteiger partial charge on any atom is 0.258 e. The second kappa shape index (κ2) is 9.06. The van der Waals surface area contributed by atoms with Gasteiger partial charge in [0, 0.05) is 47.5 Å². The van der Waals surface area contributed by atoms with E-state index in [1.54, 1.807) is 49.5 Å². The van der Waals surface area contributed by atoms with Crippen molar-refractivity contribution in [3.8, 4) is 6.07 Å². The maximum absolute atomic E-state index is 13.1. The molecule has 1 aliphatic rings. The Morgan fingerprint density at radius 1 is 1.23 bits per heavy atom. The lowest BCUT2D eigenvalue weighted by atomic mass is 10.1. The van der Waals surface area contributed by atoms with E-state index in [0.717, 1.165) is 30.8 Å². The zero-order chi connectivity index (χ0) is 21.8. The molecule has 1 aliphatic heterocycles. The van der Waals surface area contributed by atoms with E-state index >= 15 is 0 Å². The molecule has 1 saturated heterocycles. The van der Waals surface area contributed by atoms with Crippen molar-refractivity contribution in [2.24, 2.45) is 0 Å². The van der Waals surface area contributed by atoms with Crippen LogP contribution in [0.1, 0.15) is 55.4 Å². The van der Waals surface area contributed by atoms with Crippen LogP contribution in [0.15, 0.2) is 42.6 Å². The van der Waals surface area contributed by atoms with Gasteiger partial charge in [-0.3, -0.25) is 14.6 Å². The monoisotopic (exact) mass is 431 g/mol. The Bertz CT molecular complexity index is 1170. The molecule has 0 atom stereocenters. The Balaban J connectivity index is 1.53. The fourth-order valence-electron chi connectivity index (χ4n) is 3.66. The third-order valence-electron chi connectivity index (χ3n) is 5.21. The SMILES string of the molecule is Cc1nsc(Cc2cc(C#N)ccn2)c1C(=O)Nc1cccc(C(=O)N2CCCC2)c1. The molecule has 0 saturated carbocycles. The molecule has 1 fully saturated rings. The Morgan fingerprint density at radius 2 is 2.03 bits per heavy atom. The molecule has 0 radical (unpaired) electrons. The fourth-order valence-corrected chi connectivity index (χ4v) is 4.55. The number of carbonyl (C=O) groups excluding carboxylic acids is 2. The lowest BCUT2D eigenvalue weighted by Crippen LogP contribution is -2.27. The maximum atomic E-state index is 13.1. The van der Waals surface area contributed by atoms with E-state index in [4.69, 9.17) is 5.26 Å². The number of pyridine rings is 1. The molecule has 0 spiro atoms. The summed E-state index contributed by atoms with van der Waals surface area (Å²) in [6, 6.07) is 12.5. The van der Waals surface area contributed by atoms with Crippen molar-refractivity contribution < 1.29 is 9.59 Å². The van der Waals surface area contributed by atoms with Gasteiger partial charge in [-0.15, -0.1) is 0 Å². The Kier molecular flexibility index (Phi) is 6.05. The predicted molar refractivity (Wildman–Crippen MR) is 118 cm³/mol. The summed E-state index contributed by atoms with van der Waals surface area (Å²) in [6.07, 6.45) is 4.06. The molecule has 4 rings (SSSR count). The van der Waals surface area contributed by atoms with E-state index in [1.165, 1.54) is 11.5 Å². The molecule has 156 valence electrons. The van der Waals surface area contributed by atoms with Crippen LogP contribution in [0.5, 0.6) is 0 Å². The predicted octanol–water partition coefficient (Wildman–Crippen LogP) is 3.80. The molecule has 0 aliphatic carbocycles. The number of benzene rings is 1. The highest BCUT2D eigenvalue weighted by atomic mass is 32.1. The van der Waals surface area contributed by atoms with Crippen LogP contribution in [-0.4, -0.2) is 39.2 Å². The van der Waals surface area contributed by atoms with E-state index in [9.17, 15) is 9.59 Å². The van der Waals surface area contributed by atoms with Gasteiger partial charge in [0.05, 0.1) is 22.9 Å². The first-order chi connectivity index (χ1) is 15.0. The van der Waals surface area contributed by atoms with Gasteiger partial charge >= 0.3 is 0 Å². The zero-order valence-electron chi connectivity index (χ0n) is 17.1. The standard InChI is InChI=1S/C23H21N5O2S/c1-15-21(20(31-27-15)13-19-11-16(14-24)7-8-25-19)22(29)26-18-6-4-5-17(12-18)23(30)28-9-2-3-10-28/h4-8,11-12H,2-3,9-10,13H2,1H3,(H,26,29). The number of hydrogen-bond donors (Lipinski definition) is 1. The second-order valence-electron chi connectivity index (χ2n) is 7.42. The number of rotatable bonds is 5. The van der Waals surface area contributed by atoms with Crippen LogP contribution in [0.3, 0.4) is 0 Å². The number of anilines is 1. The van der Waals surface area contributed by atoms with Gasteiger partial charge in [-0.05, 0) is 61.6 Å².